The van der Waals surface area contributed by atoms with Gasteiger partial charge in [0.1, 0.15) is 5.82 Å². The van der Waals surface area contributed by atoms with E-state index in [1.54, 1.807) is 17.0 Å². The third kappa shape index (κ3) is 4.57. The van der Waals surface area contributed by atoms with Crippen LogP contribution in [0.3, 0.4) is 0 Å². The van der Waals surface area contributed by atoms with E-state index >= 15 is 0 Å². The average molecular weight is 373 g/mol. The topological polar surface area (TPSA) is 118 Å². The van der Waals surface area contributed by atoms with Gasteiger partial charge in [0.15, 0.2) is 5.76 Å². The first-order chi connectivity index (χ1) is 13.1. The number of amides is 1. The number of furan rings is 1. The molecule has 146 valence electrons. The number of rotatable bonds is 8. The number of nitrogens with two attached hydrogens (primary N) is 1. The highest BCUT2D eigenvalue weighted by Crippen LogP contribution is 2.27. The van der Waals surface area contributed by atoms with E-state index in [1.807, 2.05) is 0 Å². The number of nitrogens with zero attached hydrogens (tertiary/aromatic N) is 3. The van der Waals surface area contributed by atoms with Crippen molar-refractivity contribution in [2.24, 2.45) is 0 Å². The van der Waals surface area contributed by atoms with Gasteiger partial charge in [-0.05, 0) is 25.0 Å². The van der Waals surface area contributed by atoms with E-state index in [-0.39, 0.29) is 24.5 Å². The zero-order valence-electron chi connectivity index (χ0n) is 15.6. The molecule has 1 amide bonds. The highest BCUT2D eigenvalue weighted by atomic mass is 16.3. The van der Waals surface area contributed by atoms with Crippen molar-refractivity contribution >= 4 is 17.7 Å². The Hall–Kier alpha value is -2.61. The monoisotopic (exact) mass is 373 g/mol. The van der Waals surface area contributed by atoms with Crippen molar-refractivity contribution in [3.63, 3.8) is 0 Å². The molecule has 0 aliphatic carbocycles. The number of unbranched alkanes of at least 4 members (excludes halogenated alkanes) is 1. The molecule has 4 N–H and O–H groups in total. The second-order valence-electron chi connectivity index (χ2n) is 6.81. The minimum absolute atomic E-state index is 0.101. The van der Waals surface area contributed by atoms with Gasteiger partial charge in [0, 0.05) is 31.2 Å². The predicted molar refractivity (Wildman–Crippen MR) is 102 cm³/mol. The van der Waals surface area contributed by atoms with Crippen LogP contribution in [0, 0.1) is 0 Å². The Kier molecular flexibility index (Phi) is 6.28. The number of hydrogen-bond acceptors (Lipinski definition) is 7. The molecule has 1 atom stereocenters. The Labute approximate surface area is 158 Å². The normalized spacial score (nSPS) is 14.7. The van der Waals surface area contributed by atoms with Gasteiger partial charge in [-0.2, -0.15) is 4.98 Å². The van der Waals surface area contributed by atoms with Gasteiger partial charge in [0.25, 0.3) is 5.91 Å². The quantitative estimate of drug-likeness (QED) is 0.649. The SMILES string of the molecule is CCCCC(CCO)Nc1nc(N)nc2c1CN(C(=O)c1ccco1)CC2. The Morgan fingerprint density at radius 2 is 2.30 bits per heavy atom. The van der Waals surface area contributed by atoms with Crippen LogP contribution >= 0.6 is 0 Å². The molecule has 0 fully saturated rings. The highest BCUT2D eigenvalue weighted by Gasteiger charge is 2.27. The van der Waals surface area contributed by atoms with E-state index in [2.05, 4.69) is 22.2 Å². The maximum absolute atomic E-state index is 12.6. The molecule has 8 nitrogen and oxygen atoms in total. The number of anilines is 2. The Bertz CT molecular complexity index is 763. The van der Waals surface area contributed by atoms with E-state index in [1.165, 1.54) is 6.26 Å². The lowest BCUT2D eigenvalue weighted by Crippen LogP contribution is -2.37. The second kappa shape index (κ2) is 8.85. The summed E-state index contributed by atoms with van der Waals surface area (Å²) in [5.74, 6) is 1.06. The molecule has 2 aromatic heterocycles. The Morgan fingerprint density at radius 1 is 1.44 bits per heavy atom. The maximum atomic E-state index is 12.6. The van der Waals surface area contributed by atoms with Crippen LogP contribution in [0.5, 0.6) is 0 Å². The number of nitrogens with one attached hydrogen (secondary N) is 1. The summed E-state index contributed by atoms with van der Waals surface area (Å²) in [6, 6.07) is 3.47. The molecule has 8 heteroatoms. The lowest BCUT2D eigenvalue weighted by molar-refractivity contribution is 0.0701. The van der Waals surface area contributed by atoms with Gasteiger partial charge in [-0.25, -0.2) is 4.98 Å². The minimum Gasteiger partial charge on any atom is -0.459 e. The van der Waals surface area contributed by atoms with E-state index in [0.29, 0.717) is 37.5 Å². The van der Waals surface area contributed by atoms with Crippen molar-refractivity contribution in [2.45, 2.75) is 51.6 Å². The summed E-state index contributed by atoms with van der Waals surface area (Å²) in [5, 5.41) is 12.8. The van der Waals surface area contributed by atoms with Gasteiger partial charge >= 0.3 is 0 Å². The molecular weight excluding hydrogens is 346 g/mol. The standard InChI is InChI=1S/C19H27N5O3/c1-2-3-5-13(8-10-25)21-17-14-12-24(18(26)16-6-4-11-27-16)9-7-15(14)22-19(20)23-17/h4,6,11,13,25H,2-3,5,7-10,12H2,1H3,(H3,20,21,22,23). The van der Waals surface area contributed by atoms with E-state index in [4.69, 9.17) is 10.2 Å². The second-order valence-corrected chi connectivity index (χ2v) is 6.81. The first-order valence-electron chi connectivity index (χ1n) is 9.47. The number of aliphatic hydroxyl groups excluding tert-OH is 1. The molecule has 1 aliphatic rings. The van der Waals surface area contributed by atoms with Crippen LogP contribution in [0.4, 0.5) is 11.8 Å². The molecule has 1 unspecified atom stereocenters. The van der Waals surface area contributed by atoms with Crippen LogP contribution in [-0.2, 0) is 13.0 Å². The molecule has 0 saturated carbocycles. The lowest BCUT2D eigenvalue weighted by atomic mass is 10.0. The van der Waals surface area contributed by atoms with Crippen molar-refractivity contribution < 1.29 is 14.3 Å². The fraction of sp³-hybridized carbons (Fsp3) is 0.526. The van der Waals surface area contributed by atoms with Crippen molar-refractivity contribution in [1.29, 1.82) is 0 Å². The predicted octanol–water partition coefficient (Wildman–Crippen LogP) is 2.20. The van der Waals surface area contributed by atoms with Gasteiger partial charge < -0.3 is 25.5 Å². The van der Waals surface area contributed by atoms with E-state index in [0.717, 1.165) is 30.5 Å². The molecule has 2 aromatic rings. The number of aliphatic hydroxyl groups is 1. The fourth-order valence-electron chi connectivity index (χ4n) is 3.37. The largest absolute Gasteiger partial charge is 0.459 e. The summed E-state index contributed by atoms with van der Waals surface area (Å²) < 4.78 is 5.24. The van der Waals surface area contributed by atoms with Crippen LogP contribution in [0.15, 0.2) is 22.8 Å². The Morgan fingerprint density at radius 3 is 3.00 bits per heavy atom. The summed E-state index contributed by atoms with van der Waals surface area (Å²) >= 11 is 0. The zero-order valence-corrected chi connectivity index (χ0v) is 15.6. The molecule has 0 aromatic carbocycles. The van der Waals surface area contributed by atoms with Crippen molar-refractivity contribution in [3.8, 4) is 0 Å². The van der Waals surface area contributed by atoms with Crippen molar-refractivity contribution in [1.82, 2.24) is 14.9 Å². The minimum atomic E-state index is -0.147. The van der Waals surface area contributed by atoms with Crippen molar-refractivity contribution in [2.75, 3.05) is 24.2 Å². The van der Waals surface area contributed by atoms with Crippen LogP contribution in [0.25, 0.3) is 0 Å². The zero-order chi connectivity index (χ0) is 19.2. The summed E-state index contributed by atoms with van der Waals surface area (Å²) in [7, 11) is 0. The summed E-state index contributed by atoms with van der Waals surface area (Å²) in [4.78, 5) is 23.1. The molecule has 0 spiro atoms. The van der Waals surface area contributed by atoms with Gasteiger partial charge in [0.05, 0.1) is 18.5 Å². The number of hydrogen-bond donors (Lipinski definition) is 3. The first kappa shape index (κ1) is 19.2. The molecule has 0 saturated heterocycles. The van der Waals surface area contributed by atoms with Crippen LogP contribution in [0.1, 0.15) is 54.4 Å². The van der Waals surface area contributed by atoms with Gasteiger partial charge in [0.2, 0.25) is 5.95 Å². The molecule has 1 aliphatic heterocycles. The number of aromatic nitrogens is 2. The van der Waals surface area contributed by atoms with Crippen LogP contribution in [-0.4, -0.2) is 45.1 Å². The van der Waals surface area contributed by atoms with Gasteiger partial charge in [-0.1, -0.05) is 19.8 Å². The first-order valence-corrected chi connectivity index (χ1v) is 9.47. The number of fused-ring (bicyclic) bond motifs is 1. The Balaban J connectivity index is 1.82. The van der Waals surface area contributed by atoms with Gasteiger partial charge in [-0.3, -0.25) is 4.79 Å². The lowest BCUT2D eigenvalue weighted by Gasteiger charge is -2.30. The number of carbonyl (C=O) groups is 1. The third-order valence-electron chi connectivity index (χ3n) is 4.82. The number of nitrogen functional groups attached to an aromatic ring is 1. The van der Waals surface area contributed by atoms with Crippen LogP contribution in [0.2, 0.25) is 0 Å². The van der Waals surface area contributed by atoms with Crippen molar-refractivity contribution in [3.05, 3.63) is 35.4 Å². The van der Waals surface area contributed by atoms with E-state index < -0.39 is 0 Å². The maximum Gasteiger partial charge on any atom is 0.289 e. The van der Waals surface area contributed by atoms with E-state index in [9.17, 15) is 9.90 Å². The summed E-state index contributed by atoms with van der Waals surface area (Å²) in [6.45, 7) is 3.20. The highest BCUT2D eigenvalue weighted by molar-refractivity contribution is 5.91. The molecule has 3 heterocycles. The van der Waals surface area contributed by atoms with Crippen LogP contribution < -0.4 is 11.1 Å². The molecule has 3 rings (SSSR count). The smallest absolute Gasteiger partial charge is 0.289 e. The fourth-order valence-corrected chi connectivity index (χ4v) is 3.37. The van der Waals surface area contributed by atoms with Gasteiger partial charge in [-0.15, -0.1) is 0 Å². The molecule has 27 heavy (non-hydrogen) atoms. The molecule has 0 radical (unpaired) electrons. The molecule has 0 bridgehead atoms. The number of carbonyl (C=O) groups excluding carboxylic acids is 1. The summed E-state index contributed by atoms with van der Waals surface area (Å²) in [5.41, 5.74) is 7.65. The summed E-state index contributed by atoms with van der Waals surface area (Å²) in [6.07, 6.45) is 5.82. The average Bonchev–Trinajstić information content (AvgIpc) is 3.20. The molecular formula is C19H27N5O3. The third-order valence-corrected chi connectivity index (χ3v) is 4.82.